The lowest BCUT2D eigenvalue weighted by Gasteiger charge is -2.39. The van der Waals surface area contributed by atoms with Gasteiger partial charge in [0.05, 0.1) is 12.6 Å². The van der Waals surface area contributed by atoms with Crippen molar-refractivity contribution in [2.24, 2.45) is 0 Å². The molecular weight excluding hydrogens is 338 g/mol. The number of Topliss-reactive ketones (excluding diaryl/α,β-unsaturated/α-hetero) is 1. The van der Waals surface area contributed by atoms with E-state index < -0.39 is 6.61 Å². The highest BCUT2D eigenvalue weighted by molar-refractivity contribution is 5.81. The molecule has 6 heteroatoms. The van der Waals surface area contributed by atoms with Crippen molar-refractivity contribution in [3.8, 4) is 0 Å². The molecule has 0 atom stereocenters. The normalized spacial score (nSPS) is 16.2. The average molecular weight is 360 g/mol. The quantitative estimate of drug-likeness (QED) is 0.858. The summed E-state index contributed by atoms with van der Waals surface area (Å²) in [4.78, 5) is 15.7. The van der Waals surface area contributed by atoms with Gasteiger partial charge in [-0.15, -0.1) is 0 Å². The van der Waals surface area contributed by atoms with Gasteiger partial charge in [-0.25, -0.2) is 8.78 Å². The van der Waals surface area contributed by atoms with Crippen molar-refractivity contribution in [2.45, 2.75) is 6.04 Å². The van der Waals surface area contributed by atoms with Crippen molar-refractivity contribution in [3.63, 3.8) is 0 Å². The van der Waals surface area contributed by atoms with Crippen LogP contribution in [0.3, 0.4) is 0 Å². The zero-order valence-corrected chi connectivity index (χ0v) is 14.4. The minimum atomic E-state index is -0.437. The van der Waals surface area contributed by atoms with E-state index in [0.717, 1.165) is 24.2 Å². The standard InChI is InChI=1S/C20H22F2N2O2/c21-17-5-1-15(2-6-17)20(16-3-7-18(22)8-4-16)24-11-9-23(10-12-24)13-19(26)14-25/h1-8,20,25H,9-14H2. The van der Waals surface area contributed by atoms with Gasteiger partial charge in [-0.2, -0.15) is 0 Å². The van der Waals surface area contributed by atoms with E-state index in [9.17, 15) is 13.6 Å². The second-order valence-corrected chi connectivity index (χ2v) is 6.51. The number of benzene rings is 2. The van der Waals surface area contributed by atoms with Gasteiger partial charge in [0.2, 0.25) is 0 Å². The molecule has 0 spiro atoms. The molecular formula is C20H22F2N2O2. The van der Waals surface area contributed by atoms with Crippen molar-refractivity contribution >= 4 is 5.78 Å². The Morgan fingerprint density at radius 1 is 0.885 bits per heavy atom. The Hall–Kier alpha value is -2.15. The van der Waals surface area contributed by atoms with Gasteiger partial charge >= 0.3 is 0 Å². The van der Waals surface area contributed by atoms with Crippen LogP contribution in [0.25, 0.3) is 0 Å². The number of hydrogen-bond acceptors (Lipinski definition) is 4. The lowest BCUT2D eigenvalue weighted by molar-refractivity contribution is -0.123. The Balaban J connectivity index is 1.79. The number of hydrogen-bond donors (Lipinski definition) is 1. The lowest BCUT2D eigenvalue weighted by Crippen LogP contribution is -2.49. The molecule has 2 aromatic rings. The topological polar surface area (TPSA) is 43.8 Å². The number of carbonyl (C=O) groups is 1. The molecule has 0 aliphatic carbocycles. The molecule has 0 amide bonds. The van der Waals surface area contributed by atoms with Crippen molar-refractivity contribution < 1.29 is 18.7 Å². The summed E-state index contributed by atoms with van der Waals surface area (Å²) in [7, 11) is 0. The van der Waals surface area contributed by atoms with Gasteiger partial charge in [0.1, 0.15) is 18.2 Å². The Morgan fingerprint density at radius 3 is 1.77 bits per heavy atom. The monoisotopic (exact) mass is 360 g/mol. The highest BCUT2D eigenvalue weighted by atomic mass is 19.1. The second-order valence-electron chi connectivity index (χ2n) is 6.51. The van der Waals surface area contributed by atoms with E-state index in [-0.39, 0.29) is 30.0 Å². The molecule has 1 aliphatic rings. The van der Waals surface area contributed by atoms with Crippen LogP contribution in [0.4, 0.5) is 8.78 Å². The molecule has 1 N–H and O–H groups in total. The Kier molecular flexibility index (Phi) is 6.08. The summed E-state index contributed by atoms with van der Waals surface area (Å²) in [6.07, 6.45) is 0. The molecule has 0 aromatic heterocycles. The van der Waals surface area contributed by atoms with Gasteiger partial charge in [0.15, 0.2) is 5.78 Å². The first-order chi connectivity index (χ1) is 12.6. The number of aliphatic hydroxyl groups is 1. The molecule has 0 unspecified atom stereocenters. The van der Waals surface area contributed by atoms with E-state index in [1.165, 1.54) is 24.3 Å². The van der Waals surface area contributed by atoms with Crippen molar-refractivity contribution in [1.29, 1.82) is 0 Å². The minimum absolute atomic E-state index is 0.105. The number of rotatable bonds is 6. The summed E-state index contributed by atoms with van der Waals surface area (Å²) in [6, 6.07) is 12.6. The summed E-state index contributed by atoms with van der Waals surface area (Å²) >= 11 is 0. The van der Waals surface area contributed by atoms with E-state index in [4.69, 9.17) is 5.11 Å². The summed E-state index contributed by atoms with van der Waals surface area (Å²) < 4.78 is 26.7. The molecule has 3 rings (SSSR count). The molecule has 1 fully saturated rings. The second kappa shape index (κ2) is 8.49. The summed E-state index contributed by atoms with van der Waals surface area (Å²) in [5, 5.41) is 8.90. The van der Waals surface area contributed by atoms with E-state index in [2.05, 4.69) is 4.90 Å². The van der Waals surface area contributed by atoms with Gasteiger partial charge in [-0.3, -0.25) is 14.6 Å². The first-order valence-corrected chi connectivity index (χ1v) is 8.66. The average Bonchev–Trinajstić information content (AvgIpc) is 2.66. The van der Waals surface area contributed by atoms with Crippen molar-refractivity contribution in [2.75, 3.05) is 39.3 Å². The molecule has 138 valence electrons. The Bertz CT molecular complexity index is 681. The van der Waals surface area contributed by atoms with E-state index in [1.807, 2.05) is 4.90 Å². The van der Waals surface area contributed by atoms with E-state index >= 15 is 0 Å². The Labute approximate surface area is 151 Å². The molecule has 1 saturated heterocycles. The van der Waals surface area contributed by atoms with Crippen LogP contribution >= 0.6 is 0 Å². The number of halogens is 2. The van der Waals surface area contributed by atoms with Gasteiger partial charge in [-0.05, 0) is 35.4 Å². The number of ketones is 1. The van der Waals surface area contributed by atoms with Crippen LogP contribution in [0.1, 0.15) is 17.2 Å². The van der Waals surface area contributed by atoms with Gasteiger partial charge in [0, 0.05) is 26.2 Å². The molecule has 4 nitrogen and oxygen atoms in total. The maximum Gasteiger partial charge on any atom is 0.172 e. The minimum Gasteiger partial charge on any atom is -0.389 e. The third kappa shape index (κ3) is 4.52. The van der Waals surface area contributed by atoms with Crippen LogP contribution in [0.2, 0.25) is 0 Å². The van der Waals surface area contributed by atoms with Gasteiger partial charge in [-0.1, -0.05) is 24.3 Å². The lowest BCUT2D eigenvalue weighted by atomic mass is 9.96. The molecule has 26 heavy (non-hydrogen) atoms. The first kappa shape index (κ1) is 18.6. The van der Waals surface area contributed by atoms with Gasteiger partial charge < -0.3 is 5.11 Å². The fraction of sp³-hybridized carbons (Fsp3) is 0.350. The summed E-state index contributed by atoms with van der Waals surface area (Å²) in [6.45, 7) is 2.65. The summed E-state index contributed by atoms with van der Waals surface area (Å²) in [5.74, 6) is -0.773. The zero-order chi connectivity index (χ0) is 18.5. The van der Waals surface area contributed by atoms with Crippen molar-refractivity contribution in [3.05, 3.63) is 71.3 Å². The molecule has 1 heterocycles. The van der Waals surface area contributed by atoms with Gasteiger partial charge in [0.25, 0.3) is 0 Å². The number of carbonyl (C=O) groups excluding carboxylic acids is 1. The Morgan fingerprint density at radius 2 is 1.35 bits per heavy atom. The van der Waals surface area contributed by atoms with Crippen LogP contribution in [0.5, 0.6) is 0 Å². The SMILES string of the molecule is O=C(CO)CN1CCN(C(c2ccc(F)cc2)c2ccc(F)cc2)CC1. The number of aliphatic hydroxyl groups excluding tert-OH is 1. The smallest absolute Gasteiger partial charge is 0.172 e. The molecule has 2 aromatic carbocycles. The molecule has 1 aliphatic heterocycles. The number of nitrogens with zero attached hydrogens (tertiary/aromatic N) is 2. The maximum absolute atomic E-state index is 13.3. The van der Waals surface area contributed by atoms with Crippen LogP contribution < -0.4 is 0 Å². The van der Waals surface area contributed by atoms with Crippen molar-refractivity contribution in [1.82, 2.24) is 9.80 Å². The predicted molar refractivity (Wildman–Crippen MR) is 94.7 cm³/mol. The highest BCUT2D eigenvalue weighted by Crippen LogP contribution is 2.30. The molecule has 0 bridgehead atoms. The number of piperazine rings is 1. The van der Waals surface area contributed by atoms with Crippen LogP contribution in [-0.4, -0.2) is 60.0 Å². The largest absolute Gasteiger partial charge is 0.389 e. The fourth-order valence-corrected chi connectivity index (χ4v) is 3.38. The highest BCUT2D eigenvalue weighted by Gasteiger charge is 2.27. The first-order valence-electron chi connectivity index (χ1n) is 8.66. The maximum atomic E-state index is 13.3. The van der Waals surface area contributed by atoms with Crippen LogP contribution in [-0.2, 0) is 4.79 Å². The zero-order valence-electron chi connectivity index (χ0n) is 14.4. The summed E-state index contributed by atoms with van der Waals surface area (Å²) in [5.41, 5.74) is 1.88. The van der Waals surface area contributed by atoms with E-state index in [1.54, 1.807) is 24.3 Å². The fourth-order valence-electron chi connectivity index (χ4n) is 3.38. The molecule has 0 radical (unpaired) electrons. The van der Waals surface area contributed by atoms with Crippen LogP contribution in [0, 0.1) is 11.6 Å². The third-order valence-electron chi connectivity index (χ3n) is 4.72. The van der Waals surface area contributed by atoms with Crippen LogP contribution in [0.15, 0.2) is 48.5 Å². The van der Waals surface area contributed by atoms with E-state index in [0.29, 0.717) is 13.1 Å². The molecule has 0 saturated carbocycles. The third-order valence-corrected chi connectivity index (χ3v) is 4.72. The predicted octanol–water partition coefficient (Wildman–Crippen LogP) is 2.23.